The van der Waals surface area contributed by atoms with Crippen molar-refractivity contribution in [3.63, 3.8) is 0 Å². The van der Waals surface area contributed by atoms with Crippen LogP contribution in [0.5, 0.6) is 5.88 Å². The summed E-state index contributed by atoms with van der Waals surface area (Å²) in [4.78, 5) is 24.8. The van der Waals surface area contributed by atoms with Gasteiger partial charge in [0.25, 0.3) is 5.56 Å². The Morgan fingerprint density at radius 1 is 1.48 bits per heavy atom. The Labute approximate surface area is 133 Å². The number of aromatic hydroxyl groups is 1. The molecule has 1 N–H and O–H groups in total. The van der Waals surface area contributed by atoms with Gasteiger partial charge in [-0.1, -0.05) is 13.8 Å². The standard InChI is InChI=1S/C17H18N2O4/c1-10(2)7-14(20)15-11(3)13(8-18)16(21)19(17(15)22)9-12-5-4-6-23-12/h4-6,10,22H,7,9H2,1-3H3. The lowest BCUT2D eigenvalue weighted by Gasteiger charge is -2.15. The van der Waals surface area contributed by atoms with Crippen LogP contribution in [0.15, 0.2) is 27.6 Å². The van der Waals surface area contributed by atoms with Gasteiger partial charge in [0.15, 0.2) is 5.78 Å². The van der Waals surface area contributed by atoms with Gasteiger partial charge < -0.3 is 9.52 Å². The van der Waals surface area contributed by atoms with Gasteiger partial charge in [-0.3, -0.25) is 14.2 Å². The largest absolute Gasteiger partial charge is 0.494 e. The number of rotatable bonds is 5. The Bertz CT molecular complexity index is 824. The molecule has 2 heterocycles. The van der Waals surface area contributed by atoms with Crippen molar-refractivity contribution in [1.82, 2.24) is 4.57 Å². The van der Waals surface area contributed by atoms with E-state index in [1.165, 1.54) is 13.2 Å². The number of ketones is 1. The summed E-state index contributed by atoms with van der Waals surface area (Å²) in [5.74, 6) is -0.178. The highest BCUT2D eigenvalue weighted by Gasteiger charge is 2.24. The maximum atomic E-state index is 12.4. The zero-order chi connectivity index (χ0) is 17.1. The van der Waals surface area contributed by atoms with Crippen LogP contribution in [0.4, 0.5) is 0 Å². The Morgan fingerprint density at radius 3 is 2.70 bits per heavy atom. The zero-order valence-electron chi connectivity index (χ0n) is 13.3. The lowest BCUT2D eigenvalue weighted by Crippen LogP contribution is -2.27. The minimum atomic E-state index is -0.639. The van der Waals surface area contributed by atoms with Crippen LogP contribution in [0.2, 0.25) is 0 Å². The van der Waals surface area contributed by atoms with E-state index < -0.39 is 11.4 Å². The van der Waals surface area contributed by atoms with Crippen LogP contribution in [0.25, 0.3) is 0 Å². The third kappa shape index (κ3) is 3.19. The van der Waals surface area contributed by atoms with Crippen molar-refractivity contribution >= 4 is 5.78 Å². The number of furan rings is 1. The molecule has 0 atom stereocenters. The van der Waals surface area contributed by atoms with Gasteiger partial charge in [-0.05, 0) is 30.5 Å². The van der Waals surface area contributed by atoms with E-state index in [2.05, 4.69) is 0 Å². The average Bonchev–Trinajstić information content (AvgIpc) is 2.96. The van der Waals surface area contributed by atoms with Crippen molar-refractivity contribution in [2.24, 2.45) is 5.92 Å². The van der Waals surface area contributed by atoms with Crippen molar-refractivity contribution in [3.8, 4) is 11.9 Å². The summed E-state index contributed by atoms with van der Waals surface area (Å²) in [6.45, 7) is 5.22. The first-order valence-electron chi connectivity index (χ1n) is 7.28. The minimum absolute atomic E-state index is 0.0291. The number of hydrogen-bond donors (Lipinski definition) is 1. The summed E-state index contributed by atoms with van der Waals surface area (Å²) in [5, 5.41) is 19.7. The molecule has 0 unspecified atom stereocenters. The lowest BCUT2D eigenvalue weighted by molar-refractivity contribution is 0.0962. The highest BCUT2D eigenvalue weighted by Crippen LogP contribution is 2.25. The molecule has 0 aliphatic rings. The lowest BCUT2D eigenvalue weighted by atomic mass is 9.96. The van der Waals surface area contributed by atoms with E-state index >= 15 is 0 Å². The van der Waals surface area contributed by atoms with Gasteiger partial charge in [-0.15, -0.1) is 0 Å². The van der Waals surface area contributed by atoms with Crippen molar-refractivity contribution in [2.45, 2.75) is 33.7 Å². The van der Waals surface area contributed by atoms with Crippen molar-refractivity contribution < 1.29 is 14.3 Å². The van der Waals surface area contributed by atoms with Gasteiger partial charge in [0.2, 0.25) is 5.88 Å². The van der Waals surface area contributed by atoms with Crippen LogP contribution >= 0.6 is 0 Å². The normalized spacial score (nSPS) is 10.7. The van der Waals surface area contributed by atoms with E-state index in [0.717, 1.165) is 4.57 Å². The number of nitriles is 1. The number of aromatic nitrogens is 1. The Hall–Kier alpha value is -2.81. The molecule has 0 aliphatic heterocycles. The topological polar surface area (TPSA) is 96.2 Å². The number of Topliss-reactive ketones (excluding diaryl/α,β-unsaturated/α-hetero) is 1. The number of carbonyl (C=O) groups excluding carboxylic acids is 1. The van der Waals surface area contributed by atoms with Gasteiger partial charge in [0, 0.05) is 6.42 Å². The fourth-order valence-corrected chi connectivity index (χ4v) is 2.46. The molecule has 120 valence electrons. The molecular weight excluding hydrogens is 296 g/mol. The smallest absolute Gasteiger partial charge is 0.271 e. The second-order valence-electron chi connectivity index (χ2n) is 5.80. The van der Waals surface area contributed by atoms with Crippen LogP contribution in [0.3, 0.4) is 0 Å². The Balaban J connectivity index is 2.65. The summed E-state index contributed by atoms with van der Waals surface area (Å²) in [6, 6.07) is 5.13. The minimum Gasteiger partial charge on any atom is -0.494 e. The summed E-state index contributed by atoms with van der Waals surface area (Å²) < 4.78 is 6.18. The highest BCUT2D eigenvalue weighted by molar-refractivity contribution is 6.00. The Morgan fingerprint density at radius 2 is 2.17 bits per heavy atom. The number of hydrogen-bond acceptors (Lipinski definition) is 5. The number of carbonyl (C=O) groups is 1. The molecule has 0 aromatic carbocycles. The summed E-state index contributed by atoms with van der Waals surface area (Å²) >= 11 is 0. The fourth-order valence-electron chi connectivity index (χ4n) is 2.46. The van der Waals surface area contributed by atoms with Crippen LogP contribution in [-0.2, 0) is 6.54 Å². The molecule has 0 saturated carbocycles. The Kier molecular flexibility index (Phi) is 4.70. The maximum absolute atomic E-state index is 12.4. The average molecular weight is 314 g/mol. The first-order chi connectivity index (χ1) is 10.9. The molecule has 2 rings (SSSR count). The fraction of sp³-hybridized carbons (Fsp3) is 0.353. The van der Waals surface area contributed by atoms with Crippen LogP contribution in [0.1, 0.15) is 47.5 Å². The van der Waals surface area contributed by atoms with E-state index in [0.29, 0.717) is 5.76 Å². The van der Waals surface area contributed by atoms with Gasteiger partial charge in [-0.2, -0.15) is 5.26 Å². The van der Waals surface area contributed by atoms with Crippen molar-refractivity contribution in [2.75, 3.05) is 0 Å². The molecule has 0 spiro atoms. The van der Waals surface area contributed by atoms with Crippen molar-refractivity contribution in [3.05, 3.63) is 51.2 Å². The summed E-state index contributed by atoms with van der Waals surface area (Å²) in [6.07, 6.45) is 1.67. The zero-order valence-corrected chi connectivity index (χ0v) is 13.3. The maximum Gasteiger partial charge on any atom is 0.271 e. The molecule has 6 nitrogen and oxygen atoms in total. The molecule has 2 aromatic rings. The van der Waals surface area contributed by atoms with Crippen LogP contribution in [-0.4, -0.2) is 15.5 Å². The number of pyridine rings is 1. The predicted octanol–water partition coefficient (Wildman–Crippen LogP) is 2.60. The third-order valence-electron chi connectivity index (χ3n) is 3.57. The predicted molar refractivity (Wildman–Crippen MR) is 83.4 cm³/mol. The SMILES string of the molecule is Cc1c(C(=O)CC(C)C)c(O)n(Cc2ccco2)c(=O)c1C#N. The first kappa shape index (κ1) is 16.6. The van der Waals surface area contributed by atoms with E-state index in [9.17, 15) is 20.0 Å². The third-order valence-corrected chi connectivity index (χ3v) is 3.57. The second kappa shape index (κ2) is 6.53. The molecule has 0 amide bonds. The van der Waals surface area contributed by atoms with Crippen molar-refractivity contribution in [1.29, 1.82) is 5.26 Å². The highest BCUT2D eigenvalue weighted by atomic mass is 16.3. The van der Waals surface area contributed by atoms with E-state index in [1.807, 2.05) is 19.9 Å². The molecular formula is C17H18N2O4. The molecule has 2 aromatic heterocycles. The molecule has 0 fully saturated rings. The van der Waals surface area contributed by atoms with Gasteiger partial charge >= 0.3 is 0 Å². The summed E-state index contributed by atoms with van der Waals surface area (Å²) in [7, 11) is 0. The van der Waals surface area contributed by atoms with Crippen LogP contribution in [0, 0.1) is 24.2 Å². The molecule has 23 heavy (non-hydrogen) atoms. The van der Waals surface area contributed by atoms with E-state index in [4.69, 9.17) is 4.42 Å². The van der Waals surface area contributed by atoms with E-state index in [-0.39, 0.29) is 41.4 Å². The monoisotopic (exact) mass is 314 g/mol. The molecule has 0 bridgehead atoms. The number of nitrogens with zero attached hydrogens (tertiary/aromatic N) is 2. The molecule has 0 aliphatic carbocycles. The van der Waals surface area contributed by atoms with Crippen LogP contribution < -0.4 is 5.56 Å². The van der Waals surface area contributed by atoms with Gasteiger partial charge in [-0.25, -0.2) is 0 Å². The molecule has 0 saturated heterocycles. The quantitative estimate of drug-likeness (QED) is 0.856. The molecule has 6 heteroatoms. The second-order valence-corrected chi connectivity index (χ2v) is 5.80. The van der Waals surface area contributed by atoms with Gasteiger partial charge in [0.05, 0.1) is 18.4 Å². The van der Waals surface area contributed by atoms with E-state index in [1.54, 1.807) is 12.1 Å². The first-order valence-corrected chi connectivity index (χ1v) is 7.28. The summed E-state index contributed by atoms with van der Waals surface area (Å²) in [5.41, 5.74) is -0.529. The van der Waals surface area contributed by atoms with Gasteiger partial charge in [0.1, 0.15) is 17.4 Å². The molecule has 0 radical (unpaired) electrons.